The SMILES string of the molecule is CCn1nc(C)c(Br)c1CN[C@H](C)c1ccccc1OC. The van der Waals surface area contributed by atoms with Crippen LogP contribution in [-0.2, 0) is 13.1 Å². The van der Waals surface area contributed by atoms with Crippen LogP contribution in [0.1, 0.15) is 36.8 Å². The summed E-state index contributed by atoms with van der Waals surface area (Å²) in [6.45, 7) is 7.89. The second-order valence-corrected chi connectivity index (χ2v) is 5.80. The summed E-state index contributed by atoms with van der Waals surface area (Å²) >= 11 is 3.63. The number of ether oxygens (including phenoxy) is 1. The zero-order chi connectivity index (χ0) is 15.4. The van der Waals surface area contributed by atoms with Crippen molar-refractivity contribution in [2.24, 2.45) is 0 Å². The number of rotatable bonds is 6. The van der Waals surface area contributed by atoms with E-state index in [4.69, 9.17) is 4.74 Å². The van der Waals surface area contributed by atoms with E-state index >= 15 is 0 Å². The standard InChI is InChI=1S/C16H22BrN3O/c1-5-20-14(16(17)12(3)19-20)10-18-11(2)13-8-6-7-9-15(13)21-4/h6-9,11,18H,5,10H2,1-4H3/t11-/m1/s1. The number of benzene rings is 1. The molecule has 0 aliphatic rings. The number of aryl methyl sites for hydroxylation is 2. The van der Waals surface area contributed by atoms with E-state index in [2.05, 4.69) is 46.3 Å². The third-order valence-corrected chi connectivity index (χ3v) is 4.67. The molecule has 0 fully saturated rings. The quantitative estimate of drug-likeness (QED) is 0.859. The molecule has 0 aliphatic heterocycles. The largest absolute Gasteiger partial charge is 0.496 e. The van der Waals surface area contributed by atoms with E-state index in [1.165, 1.54) is 5.69 Å². The minimum absolute atomic E-state index is 0.202. The zero-order valence-electron chi connectivity index (χ0n) is 13.0. The number of hydrogen-bond donors (Lipinski definition) is 1. The van der Waals surface area contributed by atoms with Gasteiger partial charge in [-0.15, -0.1) is 0 Å². The van der Waals surface area contributed by atoms with Crippen LogP contribution in [0.3, 0.4) is 0 Å². The molecule has 2 rings (SSSR count). The van der Waals surface area contributed by atoms with Crippen molar-refractivity contribution in [2.45, 2.75) is 39.9 Å². The lowest BCUT2D eigenvalue weighted by molar-refractivity contribution is 0.400. The van der Waals surface area contributed by atoms with E-state index < -0.39 is 0 Å². The average molecular weight is 352 g/mol. The Labute approximate surface area is 134 Å². The number of halogens is 1. The van der Waals surface area contributed by atoms with Crippen LogP contribution in [0.25, 0.3) is 0 Å². The summed E-state index contributed by atoms with van der Waals surface area (Å²) in [5, 5.41) is 8.07. The molecule has 114 valence electrons. The van der Waals surface area contributed by atoms with Crippen LogP contribution in [0.15, 0.2) is 28.7 Å². The van der Waals surface area contributed by atoms with Gasteiger partial charge in [0.1, 0.15) is 5.75 Å². The second-order valence-electron chi connectivity index (χ2n) is 5.01. The predicted octanol–water partition coefficient (Wildman–Crippen LogP) is 3.83. The van der Waals surface area contributed by atoms with Gasteiger partial charge < -0.3 is 10.1 Å². The maximum atomic E-state index is 5.42. The number of hydrogen-bond acceptors (Lipinski definition) is 3. The fourth-order valence-electron chi connectivity index (χ4n) is 2.42. The van der Waals surface area contributed by atoms with Gasteiger partial charge in [-0.2, -0.15) is 5.10 Å². The summed E-state index contributed by atoms with van der Waals surface area (Å²) in [7, 11) is 1.71. The van der Waals surface area contributed by atoms with Crippen molar-refractivity contribution in [2.75, 3.05) is 7.11 Å². The summed E-state index contributed by atoms with van der Waals surface area (Å²) in [5.74, 6) is 0.914. The summed E-state index contributed by atoms with van der Waals surface area (Å²) < 4.78 is 8.54. The first-order chi connectivity index (χ1) is 10.1. The lowest BCUT2D eigenvalue weighted by atomic mass is 10.1. The predicted molar refractivity (Wildman–Crippen MR) is 88.6 cm³/mol. The molecular formula is C16H22BrN3O. The molecule has 0 spiro atoms. The molecule has 5 heteroatoms. The van der Waals surface area contributed by atoms with Crippen molar-refractivity contribution in [3.05, 3.63) is 45.7 Å². The van der Waals surface area contributed by atoms with Gasteiger partial charge in [0, 0.05) is 24.7 Å². The Morgan fingerprint density at radius 1 is 1.38 bits per heavy atom. The lowest BCUT2D eigenvalue weighted by Gasteiger charge is -2.17. The summed E-state index contributed by atoms with van der Waals surface area (Å²) in [6.07, 6.45) is 0. The monoisotopic (exact) mass is 351 g/mol. The van der Waals surface area contributed by atoms with Crippen molar-refractivity contribution in [1.82, 2.24) is 15.1 Å². The van der Waals surface area contributed by atoms with Crippen LogP contribution >= 0.6 is 15.9 Å². The van der Waals surface area contributed by atoms with E-state index in [1.807, 2.05) is 29.8 Å². The van der Waals surface area contributed by atoms with Crippen LogP contribution in [-0.4, -0.2) is 16.9 Å². The molecule has 0 amide bonds. The molecule has 0 saturated carbocycles. The van der Waals surface area contributed by atoms with Gasteiger partial charge >= 0.3 is 0 Å². The Hall–Kier alpha value is -1.33. The minimum atomic E-state index is 0.202. The van der Waals surface area contributed by atoms with Crippen molar-refractivity contribution >= 4 is 15.9 Å². The van der Waals surface area contributed by atoms with Crippen LogP contribution in [0, 0.1) is 6.92 Å². The number of aromatic nitrogens is 2. The van der Waals surface area contributed by atoms with Crippen molar-refractivity contribution in [3.63, 3.8) is 0 Å². The first-order valence-electron chi connectivity index (χ1n) is 7.16. The highest BCUT2D eigenvalue weighted by Crippen LogP contribution is 2.26. The van der Waals surface area contributed by atoms with E-state index in [1.54, 1.807) is 7.11 Å². The second kappa shape index (κ2) is 7.09. The van der Waals surface area contributed by atoms with Crippen LogP contribution in [0.2, 0.25) is 0 Å². The van der Waals surface area contributed by atoms with Crippen molar-refractivity contribution in [3.8, 4) is 5.75 Å². The van der Waals surface area contributed by atoms with Crippen LogP contribution in [0.5, 0.6) is 5.75 Å². The number of para-hydroxylation sites is 1. The Balaban J connectivity index is 2.13. The van der Waals surface area contributed by atoms with Crippen molar-refractivity contribution < 1.29 is 4.74 Å². The molecule has 4 nitrogen and oxygen atoms in total. The molecule has 1 aromatic carbocycles. The molecular weight excluding hydrogens is 330 g/mol. The molecule has 0 unspecified atom stereocenters. The smallest absolute Gasteiger partial charge is 0.123 e. The van der Waals surface area contributed by atoms with Gasteiger partial charge in [0.25, 0.3) is 0 Å². The highest BCUT2D eigenvalue weighted by molar-refractivity contribution is 9.10. The van der Waals surface area contributed by atoms with E-state index in [-0.39, 0.29) is 6.04 Å². The fourth-order valence-corrected chi connectivity index (χ4v) is 2.85. The fraction of sp³-hybridized carbons (Fsp3) is 0.438. The normalized spacial score (nSPS) is 12.4. The summed E-state index contributed by atoms with van der Waals surface area (Å²) in [4.78, 5) is 0. The maximum Gasteiger partial charge on any atom is 0.123 e. The van der Waals surface area contributed by atoms with Gasteiger partial charge in [-0.25, -0.2) is 0 Å². The number of nitrogens with one attached hydrogen (secondary N) is 1. The third-order valence-electron chi connectivity index (χ3n) is 3.63. The summed E-state index contributed by atoms with van der Waals surface area (Å²) in [5.41, 5.74) is 3.37. The van der Waals surface area contributed by atoms with E-state index in [0.29, 0.717) is 0 Å². The van der Waals surface area contributed by atoms with Crippen LogP contribution < -0.4 is 10.1 Å². The topological polar surface area (TPSA) is 39.1 Å². The van der Waals surface area contributed by atoms with Crippen LogP contribution in [0.4, 0.5) is 0 Å². The first-order valence-corrected chi connectivity index (χ1v) is 7.95. The molecule has 0 aliphatic carbocycles. The third kappa shape index (κ3) is 3.47. The highest BCUT2D eigenvalue weighted by Gasteiger charge is 2.15. The average Bonchev–Trinajstić information content (AvgIpc) is 2.79. The number of methoxy groups -OCH3 is 1. The van der Waals surface area contributed by atoms with E-state index in [9.17, 15) is 0 Å². The van der Waals surface area contributed by atoms with E-state index in [0.717, 1.165) is 34.6 Å². The Bertz CT molecular complexity index is 610. The Morgan fingerprint density at radius 3 is 2.76 bits per heavy atom. The molecule has 1 aromatic heterocycles. The van der Waals surface area contributed by atoms with Gasteiger partial charge in [-0.05, 0) is 42.8 Å². The molecule has 0 radical (unpaired) electrons. The number of nitrogens with zero attached hydrogens (tertiary/aromatic N) is 2. The van der Waals surface area contributed by atoms with Gasteiger partial charge in [-0.3, -0.25) is 4.68 Å². The molecule has 1 N–H and O–H groups in total. The minimum Gasteiger partial charge on any atom is -0.496 e. The molecule has 1 atom stereocenters. The van der Waals surface area contributed by atoms with Crippen molar-refractivity contribution in [1.29, 1.82) is 0 Å². The Kier molecular flexibility index (Phi) is 5.42. The van der Waals surface area contributed by atoms with Gasteiger partial charge in [0.15, 0.2) is 0 Å². The van der Waals surface area contributed by atoms with Gasteiger partial charge in [-0.1, -0.05) is 18.2 Å². The molecule has 0 bridgehead atoms. The molecule has 21 heavy (non-hydrogen) atoms. The molecule has 0 saturated heterocycles. The maximum absolute atomic E-state index is 5.42. The lowest BCUT2D eigenvalue weighted by Crippen LogP contribution is -2.21. The molecule has 2 aromatic rings. The van der Waals surface area contributed by atoms with Gasteiger partial charge in [0.05, 0.1) is 23.0 Å². The Morgan fingerprint density at radius 2 is 2.10 bits per heavy atom. The van der Waals surface area contributed by atoms with Gasteiger partial charge in [0.2, 0.25) is 0 Å². The zero-order valence-corrected chi connectivity index (χ0v) is 14.6. The highest BCUT2D eigenvalue weighted by atomic mass is 79.9. The first kappa shape index (κ1) is 16.0. The molecule has 1 heterocycles. The summed E-state index contributed by atoms with van der Waals surface area (Å²) in [6, 6.07) is 8.30.